The minimum atomic E-state index is 0.223. The van der Waals surface area contributed by atoms with E-state index in [-0.39, 0.29) is 5.78 Å². The summed E-state index contributed by atoms with van der Waals surface area (Å²) in [6, 6.07) is 5.89. The van der Waals surface area contributed by atoms with E-state index in [1.807, 2.05) is 18.2 Å². The van der Waals surface area contributed by atoms with Crippen LogP contribution in [0.15, 0.2) is 24.3 Å². The predicted octanol–water partition coefficient (Wildman–Crippen LogP) is 2.59. The van der Waals surface area contributed by atoms with Gasteiger partial charge in [0.2, 0.25) is 0 Å². The summed E-state index contributed by atoms with van der Waals surface area (Å²) >= 11 is 0. The number of ketones is 1. The molecule has 0 aromatic heterocycles. The number of carbonyl (C=O) groups is 1. The minimum Gasteiger partial charge on any atom is -0.486 e. The van der Waals surface area contributed by atoms with Gasteiger partial charge in [0, 0.05) is 6.42 Å². The number of rotatable bonds is 1. The highest BCUT2D eigenvalue weighted by Gasteiger charge is 2.16. The minimum absolute atomic E-state index is 0.223. The molecule has 0 N–H and O–H groups in total. The zero-order chi connectivity index (χ0) is 11.7. The van der Waals surface area contributed by atoms with Gasteiger partial charge in [-0.15, -0.1) is 0 Å². The molecule has 0 unspecified atom stereocenters. The molecule has 0 saturated heterocycles. The van der Waals surface area contributed by atoms with Crippen molar-refractivity contribution in [2.24, 2.45) is 0 Å². The summed E-state index contributed by atoms with van der Waals surface area (Å²) in [7, 11) is 0. The first-order chi connectivity index (χ1) is 8.33. The third-order valence-corrected chi connectivity index (χ3v) is 3.12. The predicted molar refractivity (Wildman–Crippen MR) is 64.3 cm³/mol. The molecule has 0 saturated carbocycles. The summed E-state index contributed by atoms with van der Waals surface area (Å²) in [6.07, 6.45) is 4.34. The number of hydrogen-bond donors (Lipinski definition) is 0. The quantitative estimate of drug-likeness (QED) is 0.744. The van der Waals surface area contributed by atoms with Crippen LogP contribution < -0.4 is 9.47 Å². The monoisotopic (exact) mass is 230 g/mol. The van der Waals surface area contributed by atoms with E-state index in [2.05, 4.69) is 0 Å². The molecule has 0 amide bonds. The first-order valence-corrected chi connectivity index (χ1v) is 5.96. The summed E-state index contributed by atoms with van der Waals surface area (Å²) in [5.74, 6) is 1.80. The van der Waals surface area contributed by atoms with Gasteiger partial charge >= 0.3 is 0 Å². The highest BCUT2D eigenvalue weighted by molar-refractivity contribution is 5.98. The third-order valence-electron chi connectivity index (χ3n) is 3.12. The fourth-order valence-corrected chi connectivity index (χ4v) is 2.26. The summed E-state index contributed by atoms with van der Waals surface area (Å²) in [4.78, 5) is 11.4. The molecule has 3 heteroatoms. The zero-order valence-corrected chi connectivity index (χ0v) is 9.57. The average molecular weight is 230 g/mol. The molecule has 2 aliphatic rings. The van der Waals surface area contributed by atoms with Gasteiger partial charge in [-0.3, -0.25) is 4.79 Å². The summed E-state index contributed by atoms with van der Waals surface area (Å²) < 4.78 is 11.0. The fraction of sp³-hybridized carbons (Fsp3) is 0.357. The van der Waals surface area contributed by atoms with Crippen LogP contribution in [0, 0.1) is 0 Å². The summed E-state index contributed by atoms with van der Waals surface area (Å²) in [6.45, 7) is 1.20. The molecule has 0 fully saturated rings. The second-order valence-corrected chi connectivity index (χ2v) is 4.35. The van der Waals surface area contributed by atoms with Crippen LogP contribution in [0.3, 0.4) is 0 Å². The second-order valence-electron chi connectivity index (χ2n) is 4.35. The lowest BCUT2D eigenvalue weighted by Crippen LogP contribution is -2.15. The molecular formula is C14H14O3. The number of carbonyl (C=O) groups excluding carboxylic acids is 1. The molecule has 1 aromatic carbocycles. The molecule has 0 spiro atoms. The number of allylic oxidation sites excluding steroid dienone is 2. The van der Waals surface area contributed by atoms with Crippen molar-refractivity contribution in [3.8, 4) is 11.5 Å². The molecule has 0 radical (unpaired) electrons. The number of benzene rings is 1. The smallest absolute Gasteiger partial charge is 0.161 e. The molecule has 0 bridgehead atoms. The molecule has 1 heterocycles. The Kier molecular flexibility index (Phi) is 2.59. The lowest BCUT2D eigenvalue weighted by Gasteiger charge is -2.20. The van der Waals surface area contributed by atoms with Crippen molar-refractivity contribution >= 4 is 11.4 Å². The Morgan fingerprint density at radius 2 is 1.82 bits per heavy atom. The molecule has 1 aliphatic carbocycles. The molecule has 17 heavy (non-hydrogen) atoms. The van der Waals surface area contributed by atoms with E-state index < -0.39 is 0 Å². The van der Waals surface area contributed by atoms with Crippen LogP contribution in [0.1, 0.15) is 24.8 Å². The van der Waals surface area contributed by atoms with Gasteiger partial charge in [0.25, 0.3) is 0 Å². The molecule has 1 aliphatic heterocycles. The summed E-state index contributed by atoms with van der Waals surface area (Å²) in [5.41, 5.74) is 2.18. The van der Waals surface area contributed by atoms with Crippen molar-refractivity contribution in [3.63, 3.8) is 0 Å². The van der Waals surface area contributed by atoms with Gasteiger partial charge in [-0.05, 0) is 42.2 Å². The van der Waals surface area contributed by atoms with Gasteiger partial charge in [0.1, 0.15) is 13.2 Å². The fourth-order valence-electron chi connectivity index (χ4n) is 2.26. The molecule has 88 valence electrons. The van der Waals surface area contributed by atoms with Crippen LogP contribution in [0.2, 0.25) is 0 Å². The highest BCUT2D eigenvalue weighted by atomic mass is 16.6. The van der Waals surface area contributed by atoms with Gasteiger partial charge in [-0.2, -0.15) is 0 Å². The standard InChI is InChI=1S/C14H14O3/c15-12-3-1-2-10(8-12)11-4-5-13-14(9-11)17-7-6-16-13/h4-5,8-9H,1-3,6-7H2. The van der Waals surface area contributed by atoms with Crippen molar-refractivity contribution < 1.29 is 14.3 Å². The van der Waals surface area contributed by atoms with E-state index >= 15 is 0 Å². The number of fused-ring (bicyclic) bond motifs is 1. The normalized spacial score (nSPS) is 18.8. The van der Waals surface area contributed by atoms with Gasteiger partial charge in [0.05, 0.1) is 0 Å². The maximum atomic E-state index is 11.4. The van der Waals surface area contributed by atoms with Gasteiger partial charge in [-0.25, -0.2) is 0 Å². The second kappa shape index (κ2) is 4.24. The Hall–Kier alpha value is -1.77. The Bertz CT molecular complexity index is 488. The number of hydrogen-bond acceptors (Lipinski definition) is 3. The lowest BCUT2D eigenvalue weighted by atomic mass is 9.93. The van der Waals surface area contributed by atoms with Crippen molar-refractivity contribution in [3.05, 3.63) is 29.8 Å². The van der Waals surface area contributed by atoms with E-state index in [1.165, 1.54) is 0 Å². The maximum Gasteiger partial charge on any atom is 0.161 e. The third kappa shape index (κ3) is 2.05. The summed E-state index contributed by atoms with van der Waals surface area (Å²) in [5, 5.41) is 0. The largest absolute Gasteiger partial charge is 0.486 e. The van der Waals surface area contributed by atoms with E-state index in [4.69, 9.17) is 9.47 Å². The Balaban J connectivity index is 1.95. The molecular weight excluding hydrogens is 216 g/mol. The van der Waals surface area contributed by atoms with Crippen molar-refractivity contribution in [1.29, 1.82) is 0 Å². The van der Waals surface area contributed by atoms with Crippen LogP contribution in [-0.4, -0.2) is 19.0 Å². The average Bonchev–Trinajstić information content (AvgIpc) is 2.38. The van der Waals surface area contributed by atoms with Crippen LogP contribution in [0.5, 0.6) is 11.5 Å². The van der Waals surface area contributed by atoms with E-state index in [0.717, 1.165) is 35.5 Å². The van der Waals surface area contributed by atoms with Crippen LogP contribution in [0.4, 0.5) is 0 Å². The Morgan fingerprint density at radius 1 is 1.00 bits per heavy atom. The zero-order valence-electron chi connectivity index (χ0n) is 9.57. The lowest BCUT2D eigenvalue weighted by molar-refractivity contribution is -0.114. The first-order valence-electron chi connectivity index (χ1n) is 5.96. The van der Waals surface area contributed by atoms with Gasteiger partial charge < -0.3 is 9.47 Å². The Morgan fingerprint density at radius 3 is 2.65 bits per heavy atom. The van der Waals surface area contributed by atoms with Crippen molar-refractivity contribution in [2.75, 3.05) is 13.2 Å². The van der Waals surface area contributed by atoms with Gasteiger partial charge in [0.15, 0.2) is 17.3 Å². The van der Waals surface area contributed by atoms with Crippen LogP contribution in [0.25, 0.3) is 5.57 Å². The topological polar surface area (TPSA) is 35.5 Å². The van der Waals surface area contributed by atoms with E-state index in [1.54, 1.807) is 6.08 Å². The first kappa shape index (κ1) is 10.4. The highest BCUT2D eigenvalue weighted by Crippen LogP contribution is 2.35. The van der Waals surface area contributed by atoms with E-state index in [9.17, 15) is 4.79 Å². The molecule has 3 rings (SSSR count). The maximum absolute atomic E-state index is 11.4. The Labute approximate surface area is 100 Å². The van der Waals surface area contributed by atoms with E-state index in [0.29, 0.717) is 19.6 Å². The molecule has 3 nitrogen and oxygen atoms in total. The van der Waals surface area contributed by atoms with Crippen molar-refractivity contribution in [2.45, 2.75) is 19.3 Å². The van der Waals surface area contributed by atoms with Gasteiger partial charge in [-0.1, -0.05) is 6.07 Å². The molecule has 0 atom stereocenters. The number of ether oxygens (including phenoxy) is 2. The van der Waals surface area contributed by atoms with Crippen LogP contribution in [-0.2, 0) is 4.79 Å². The molecule has 1 aromatic rings. The van der Waals surface area contributed by atoms with Crippen LogP contribution >= 0.6 is 0 Å². The SMILES string of the molecule is O=C1C=C(c2ccc3c(c2)OCCO3)CCC1. The van der Waals surface area contributed by atoms with Crippen molar-refractivity contribution in [1.82, 2.24) is 0 Å².